The molecule has 0 aliphatic carbocycles. The predicted molar refractivity (Wildman–Crippen MR) is 82.6 cm³/mol. The number of para-hydroxylation sites is 1. The fourth-order valence-electron chi connectivity index (χ4n) is 2.25. The molecule has 1 N–H and O–H groups in total. The Morgan fingerprint density at radius 2 is 2.14 bits per heavy atom. The second kappa shape index (κ2) is 7.04. The molecule has 0 aliphatic heterocycles. The molecule has 0 amide bonds. The quantitative estimate of drug-likeness (QED) is 0.882. The monoisotopic (exact) mass is 287 g/mol. The summed E-state index contributed by atoms with van der Waals surface area (Å²) >= 11 is 0. The maximum absolute atomic E-state index is 12.0. The lowest BCUT2D eigenvalue weighted by Gasteiger charge is -2.20. The topological polar surface area (TPSA) is 56.2 Å². The number of hydrogen-bond donors (Lipinski definition) is 1. The van der Waals surface area contributed by atoms with E-state index in [1.807, 2.05) is 45.2 Å². The number of aryl methyl sites for hydroxylation is 1. The minimum atomic E-state index is -0.0448. The predicted octanol–water partition coefficient (Wildman–Crippen LogP) is 1.91. The van der Waals surface area contributed by atoms with Crippen molar-refractivity contribution in [3.63, 3.8) is 0 Å². The average Bonchev–Trinajstić information content (AvgIpc) is 2.48. The number of benzene rings is 1. The molecular weight excluding hydrogens is 266 g/mol. The van der Waals surface area contributed by atoms with Gasteiger partial charge in [-0.15, -0.1) is 0 Å². The number of aromatic nitrogens is 2. The van der Waals surface area contributed by atoms with Gasteiger partial charge in [0.05, 0.1) is 19.0 Å². The second-order valence-corrected chi connectivity index (χ2v) is 4.83. The molecule has 0 bridgehead atoms. The Kier molecular flexibility index (Phi) is 5.11. The summed E-state index contributed by atoms with van der Waals surface area (Å²) in [4.78, 5) is 16.2. The third kappa shape index (κ3) is 3.70. The van der Waals surface area contributed by atoms with E-state index in [-0.39, 0.29) is 11.6 Å². The van der Waals surface area contributed by atoms with E-state index < -0.39 is 0 Å². The van der Waals surface area contributed by atoms with Gasteiger partial charge in [0.25, 0.3) is 5.56 Å². The van der Waals surface area contributed by atoms with Crippen LogP contribution in [0.5, 0.6) is 5.75 Å². The van der Waals surface area contributed by atoms with Crippen molar-refractivity contribution in [3.8, 4) is 5.75 Å². The van der Waals surface area contributed by atoms with Gasteiger partial charge in [0.1, 0.15) is 5.75 Å². The van der Waals surface area contributed by atoms with Crippen molar-refractivity contribution in [2.75, 3.05) is 13.7 Å². The van der Waals surface area contributed by atoms with Crippen LogP contribution in [0.1, 0.15) is 24.2 Å². The first kappa shape index (κ1) is 15.3. The van der Waals surface area contributed by atoms with E-state index in [1.165, 1.54) is 0 Å². The highest BCUT2D eigenvalue weighted by Crippen LogP contribution is 2.25. The molecule has 0 spiro atoms. The van der Waals surface area contributed by atoms with Crippen molar-refractivity contribution in [1.29, 1.82) is 0 Å². The molecule has 1 atom stereocenters. The standard InChI is InChI=1S/C16H21N3O2/c1-4-21-15-8-6-5-7-13(15)14(17-3)10-19-11-18-12(2)9-16(19)20/h5-9,11,14,17H,4,10H2,1-3H3. The SMILES string of the molecule is CCOc1ccccc1C(Cn1cnc(C)cc1=O)NC. The Hall–Kier alpha value is -2.14. The van der Waals surface area contributed by atoms with E-state index in [2.05, 4.69) is 10.3 Å². The maximum atomic E-state index is 12.0. The highest BCUT2D eigenvalue weighted by atomic mass is 16.5. The molecule has 1 heterocycles. The van der Waals surface area contributed by atoms with Crippen LogP contribution in [0.25, 0.3) is 0 Å². The van der Waals surface area contributed by atoms with E-state index >= 15 is 0 Å². The molecular formula is C16H21N3O2. The van der Waals surface area contributed by atoms with Gasteiger partial charge < -0.3 is 10.1 Å². The van der Waals surface area contributed by atoms with Crippen molar-refractivity contribution in [2.24, 2.45) is 0 Å². The number of rotatable bonds is 6. The van der Waals surface area contributed by atoms with E-state index in [4.69, 9.17) is 4.74 Å². The number of likely N-dealkylation sites (N-methyl/N-ethyl adjacent to an activating group) is 1. The van der Waals surface area contributed by atoms with Gasteiger partial charge in [-0.3, -0.25) is 9.36 Å². The van der Waals surface area contributed by atoms with Gasteiger partial charge in [0.2, 0.25) is 0 Å². The van der Waals surface area contributed by atoms with Crippen LogP contribution < -0.4 is 15.6 Å². The number of nitrogens with zero attached hydrogens (tertiary/aromatic N) is 2. The zero-order valence-corrected chi connectivity index (χ0v) is 12.7. The first-order valence-electron chi connectivity index (χ1n) is 7.07. The van der Waals surface area contributed by atoms with Crippen molar-refractivity contribution in [3.05, 3.63) is 58.3 Å². The molecule has 112 valence electrons. The Bertz CT molecular complexity index is 652. The highest BCUT2D eigenvalue weighted by molar-refractivity contribution is 5.35. The molecule has 0 fully saturated rings. The summed E-state index contributed by atoms with van der Waals surface area (Å²) in [5.74, 6) is 0.840. The van der Waals surface area contributed by atoms with Crippen molar-refractivity contribution in [1.82, 2.24) is 14.9 Å². The van der Waals surface area contributed by atoms with Crippen LogP contribution in [0, 0.1) is 6.92 Å². The Morgan fingerprint density at radius 3 is 2.81 bits per heavy atom. The summed E-state index contributed by atoms with van der Waals surface area (Å²) in [7, 11) is 1.88. The van der Waals surface area contributed by atoms with Crippen LogP contribution in [0.4, 0.5) is 0 Å². The Balaban J connectivity index is 2.30. The minimum absolute atomic E-state index is 0.0186. The highest BCUT2D eigenvalue weighted by Gasteiger charge is 2.15. The Morgan fingerprint density at radius 1 is 1.38 bits per heavy atom. The lowest BCUT2D eigenvalue weighted by molar-refractivity contribution is 0.329. The first-order valence-corrected chi connectivity index (χ1v) is 7.07. The van der Waals surface area contributed by atoms with Gasteiger partial charge in [-0.05, 0) is 27.0 Å². The molecule has 5 heteroatoms. The normalized spacial score (nSPS) is 12.1. The zero-order valence-electron chi connectivity index (χ0n) is 12.7. The summed E-state index contributed by atoms with van der Waals surface area (Å²) in [6, 6.07) is 9.40. The smallest absolute Gasteiger partial charge is 0.253 e. The average molecular weight is 287 g/mol. The Labute approximate surface area is 124 Å². The molecule has 1 aromatic heterocycles. The van der Waals surface area contributed by atoms with Crippen LogP contribution in [-0.4, -0.2) is 23.2 Å². The lowest BCUT2D eigenvalue weighted by Crippen LogP contribution is -2.29. The van der Waals surface area contributed by atoms with Gasteiger partial charge in [-0.1, -0.05) is 18.2 Å². The minimum Gasteiger partial charge on any atom is -0.494 e. The van der Waals surface area contributed by atoms with Gasteiger partial charge in [0, 0.05) is 23.9 Å². The van der Waals surface area contributed by atoms with Crippen molar-refractivity contribution in [2.45, 2.75) is 26.4 Å². The van der Waals surface area contributed by atoms with E-state index in [9.17, 15) is 4.79 Å². The number of hydrogen-bond acceptors (Lipinski definition) is 4. The van der Waals surface area contributed by atoms with Gasteiger partial charge in [0.15, 0.2) is 0 Å². The molecule has 0 radical (unpaired) electrons. The van der Waals surface area contributed by atoms with Crippen LogP contribution in [0.2, 0.25) is 0 Å². The zero-order chi connectivity index (χ0) is 15.2. The van der Waals surface area contributed by atoms with Crippen LogP contribution in [-0.2, 0) is 6.54 Å². The van der Waals surface area contributed by atoms with Crippen molar-refractivity contribution < 1.29 is 4.74 Å². The second-order valence-electron chi connectivity index (χ2n) is 4.83. The van der Waals surface area contributed by atoms with E-state index in [0.717, 1.165) is 17.0 Å². The summed E-state index contributed by atoms with van der Waals surface area (Å²) < 4.78 is 7.27. The van der Waals surface area contributed by atoms with Gasteiger partial charge in [-0.25, -0.2) is 4.98 Å². The van der Waals surface area contributed by atoms with Gasteiger partial charge in [-0.2, -0.15) is 0 Å². The summed E-state index contributed by atoms with van der Waals surface area (Å²) in [5, 5.41) is 3.24. The molecule has 2 aromatic rings. The van der Waals surface area contributed by atoms with Crippen LogP contribution >= 0.6 is 0 Å². The molecule has 1 unspecified atom stereocenters. The molecule has 5 nitrogen and oxygen atoms in total. The summed E-state index contributed by atoms with van der Waals surface area (Å²) in [6.07, 6.45) is 1.59. The lowest BCUT2D eigenvalue weighted by atomic mass is 10.1. The molecule has 1 aromatic carbocycles. The third-order valence-corrected chi connectivity index (χ3v) is 3.34. The fraction of sp³-hybridized carbons (Fsp3) is 0.375. The molecule has 0 saturated heterocycles. The fourth-order valence-corrected chi connectivity index (χ4v) is 2.25. The number of ether oxygens (including phenoxy) is 1. The van der Waals surface area contributed by atoms with Crippen LogP contribution in [0.3, 0.4) is 0 Å². The van der Waals surface area contributed by atoms with Crippen molar-refractivity contribution >= 4 is 0 Å². The summed E-state index contributed by atoms with van der Waals surface area (Å²) in [5.41, 5.74) is 1.72. The molecule has 0 saturated carbocycles. The van der Waals surface area contributed by atoms with E-state index in [0.29, 0.717) is 13.2 Å². The molecule has 21 heavy (non-hydrogen) atoms. The maximum Gasteiger partial charge on any atom is 0.253 e. The van der Waals surface area contributed by atoms with Gasteiger partial charge >= 0.3 is 0 Å². The molecule has 2 rings (SSSR count). The first-order chi connectivity index (χ1) is 10.2. The van der Waals surface area contributed by atoms with Crippen LogP contribution in [0.15, 0.2) is 41.5 Å². The third-order valence-electron chi connectivity index (χ3n) is 3.34. The largest absolute Gasteiger partial charge is 0.494 e. The number of nitrogens with one attached hydrogen (secondary N) is 1. The molecule has 0 aliphatic rings. The summed E-state index contributed by atoms with van der Waals surface area (Å²) in [6.45, 7) is 4.89. The van der Waals surface area contributed by atoms with E-state index in [1.54, 1.807) is 17.0 Å².